The maximum absolute atomic E-state index is 13.3. The minimum atomic E-state index is -2.92. The molecule has 0 saturated heterocycles. The van der Waals surface area contributed by atoms with Gasteiger partial charge in [-0.25, -0.2) is 14.6 Å². The molecular weight excluding hydrogens is 448 g/mol. The second-order valence-corrected chi connectivity index (χ2v) is 8.67. The normalized spacial score (nSPS) is 14.7. The Hall–Kier alpha value is -2.95. The van der Waals surface area contributed by atoms with Crippen LogP contribution in [0.4, 0.5) is 18.4 Å². The van der Waals surface area contributed by atoms with E-state index >= 15 is 0 Å². The Morgan fingerprint density at radius 2 is 2.00 bits per heavy atom. The maximum atomic E-state index is 13.3. The monoisotopic (exact) mass is 471 g/mol. The number of nitrogens with one attached hydrogen (secondary N) is 2. The van der Waals surface area contributed by atoms with Gasteiger partial charge in [-0.3, -0.25) is 0 Å². The summed E-state index contributed by atoms with van der Waals surface area (Å²) in [6.07, 6.45) is 1.42. The average Bonchev–Trinajstić information content (AvgIpc) is 3.35. The molecule has 1 fully saturated rings. The fourth-order valence-electron chi connectivity index (χ4n) is 2.78. The first-order valence-electron chi connectivity index (χ1n) is 9.94. The molecule has 2 amide bonds. The van der Waals surface area contributed by atoms with Crippen LogP contribution < -0.4 is 10.6 Å². The fourth-order valence-corrected chi connectivity index (χ4v) is 2.98. The number of amides is 2. The van der Waals surface area contributed by atoms with Gasteiger partial charge >= 0.3 is 18.7 Å². The van der Waals surface area contributed by atoms with E-state index in [1.165, 1.54) is 12.1 Å². The van der Waals surface area contributed by atoms with Gasteiger partial charge < -0.3 is 20.1 Å². The number of benzene rings is 1. The van der Waals surface area contributed by atoms with Gasteiger partial charge in [0, 0.05) is 11.6 Å². The third-order valence-electron chi connectivity index (χ3n) is 4.36. The third kappa shape index (κ3) is 6.52. The second kappa shape index (κ2) is 9.68. The van der Waals surface area contributed by atoms with Crippen LogP contribution in [-0.2, 0) is 9.47 Å². The van der Waals surface area contributed by atoms with Crippen molar-refractivity contribution in [1.29, 1.82) is 0 Å². The number of carbonyl (C=O) groups excluding carboxylic acids is 2. The minimum absolute atomic E-state index is 0.0996. The van der Waals surface area contributed by atoms with Crippen LogP contribution in [0.15, 0.2) is 24.5 Å². The second-order valence-electron chi connectivity index (χ2n) is 8.26. The lowest BCUT2D eigenvalue weighted by Crippen LogP contribution is -2.38. The van der Waals surface area contributed by atoms with Gasteiger partial charge in [0.05, 0.1) is 11.1 Å². The Bertz CT molecular complexity index is 975. The largest absolute Gasteiger partial charge is 0.447 e. The molecule has 1 aromatic carbocycles. The lowest BCUT2D eigenvalue weighted by molar-refractivity contribution is 0.0470. The summed E-state index contributed by atoms with van der Waals surface area (Å²) < 4.78 is 37.5. The molecule has 0 aliphatic heterocycles. The Morgan fingerprint density at radius 3 is 2.62 bits per heavy atom. The van der Waals surface area contributed by atoms with Crippen LogP contribution in [0, 0.1) is 0 Å². The van der Waals surface area contributed by atoms with Crippen molar-refractivity contribution in [2.45, 2.75) is 57.8 Å². The zero-order valence-corrected chi connectivity index (χ0v) is 18.5. The average molecular weight is 472 g/mol. The fraction of sp³-hybridized carbons (Fsp3) is 0.500. The van der Waals surface area contributed by atoms with Crippen LogP contribution in [0.5, 0.6) is 0 Å². The molecule has 1 aliphatic rings. The SMILES string of the molecule is CC(C)(C)OC(=O)N[C@H](COC(=O)NC1CC1)c1ccc(Cl)c(-c2ncnn2C(F)F)c1. The number of carbonyl (C=O) groups is 2. The van der Waals surface area contributed by atoms with Crippen LogP contribution in [0.25, 0.3) is 11.4 Å². The van der Waals surface area contributed by atoms with Crippen molar-refractivity contribution >= 4 is 23.8 Å². The highest BCUT2D eigenvalue weighted by Crippen LogP contribution is 2.31. The topological polar surface area (TPSA) is 107 Å². The quantitative estimate of drug-likeness (QED) is 0.617. The summed E-state index contributed by atoms with van der Waals surface area (Å²) in [5.41, 5.74) is -0.129. The van der Waals surface area contributed by atoms with E-state index in [1.807, 2.05) is 0 Å². The highest BCUT2D eigenvalue weighted by molar-refractivity contribution is 6.33. The van der Waals surface area contributed by atoms with Gasteiger partial charge in [-0.05, 0) is 51.3 Å². The number of hydrogen-bond donors (Lipinski definition) is 2. The molecule has 3 rings (SSSR count). The van der Waals surface area contributed by atoms with E-state index in [1.54, 1.807) is 26.8 Å². The van der Waals surface area contributed by atoms with Gasteiger partial charge in [0.15, 0.2) is 5.82 Å². The predicted molar refractivity (Wildman–Crippen MR) is 111 cm³/mol. The van der Waals surface area contributed by atoms with Crippen LogP contribution in [0.2, 0.25) is 5.02 Å². The molecule has 1 atom stereocenters. The van der Waals surface area contributed by atoms with Crippen molar-refractivity contribution in [3.8, 4) is 11.4 Å². The van der Waals surface area contributed by atoms with Crippen LogP contribution in [-0.4, -0.2) is 45.2 Å². The van der Waals surface area contributed by atoms with Gasteiger partial charge in [0.2, 0.25) is 0 Å². The minimum Gasteiger partial charge on any atom is -0.447 e. The summed E-state index contributed by atoms with van der Waals surface area (Å²) in [6, 6.07) is 3.80. The number of ether oxygens (including phenoxy) is 2. The van der Waals surface area contributed by atoms with E-state index < -0.39 is 30.4 Å². The number of hydrogen-bond acceptors (Lipinski definition) is 6. The Balaban J connectivity index is 1.85. The first-order chi connectivity index (χ1) is 15.0. The molecule has 2 N–H and O–H groups in total. The van der Waals surface area contributed by atoms with E-state index in [2.05, 4.69) is 20.7 Å². The van der Waals surface area contributed by atoms with E-state index in [0.29, 0.717) is 10.2 Å². The van der Waals surface area contributed by atoms with Gasteiger partial charge in [0.1, 0.15) is 18.5 Å². The van der Waals surface area contributed by atoms with Crippen LogP contribution in [0.3, 0.4) is 0 Å². The summed E-state index contributed by atoms with van der Waals surface area (Å²) >= 11 is 6.22. The molecule has 1 heterocycles. The first-order valence-corrected chi connectivity index (χ1v) is 10.3. The maximum Gasteiger partial charge on any atom is 0.408 e. The summed E-state index contributed by atoms with van der Waals surface area (Å²) in [4.78, 5) is 28.2. The molecule has 9 nitrogen and oxygen atoms in total. The van der Waals surface area contributed by atoms with Crippen molar-refractivity contribution in [3.05, 3.63) is 35.1 Å². The summed E-state index contributed by atoms with van der Waals surface area (Å²) in [6.45, 7) is 1.98. The first kappa shape index (κ1) is 23.7. The summed E-state index contributed by atoms with van der Waals surface area (Å²) in [7, 11) is 0. The van der Waals surface area contributed by atoms with Crippen molar-refractivity contribution in [2.24, 2.45) is 0 Å². The molecule has 0 bridgehead atoms. The smallest absolute Gasteiger partial charge is 0.408 e. The predicted octanol–water partition coefficient (Wildman–Crippen LogP) is 4.45. The molecule has 2 aromatic rings. The van der Waals surface area contributed by atoms with Gasteiger partial charge in [-0.15, -0.1) is 0 Å². The summed E-state index contributed by atoms with van der Waals surface area (Å²) in [5, 5.41) is 9.01. The number of halogens is 3. The van der Waals surface area contributed by atoms with E-state index in [4.69, 9.17) is 21.1 Å². The molecule has 1 saturated carbocycles. The van der Waals surface area contributed by atoms with Crippen LogP contribution >= 0.6 is 11.6 Å². The van der Waals surface area contributed by atoms with Crippen molar-refractivity contribution in [2.75, 3.05) is 6.61 Å². The molecule has 0 spiro atoms. The number of alkyl halides is 2. The molecule has 174 valence electrons. The van der Waals surface area contributed by atoms with Crippen LogP contribution in [0.1, 0.15) is 51.8 Å². The third-order valence-corrected chi connectivity index (χ3v) is 4.69. The van der Waals surface area contributed by atoms with Crippen molar-refractivity contribution < 1.29 is 27.8 Å². The number of nitrogens with zero attached hydrogens (tertiary/aromatic N) is 3. The lowest BCUT2D eigenvalue weighted by atomic mass is 10.0. The van der Waals surface area contributed by atoms with Crippen molar-refractivity contribution in [3.63, 3.8) is 0 Å². The van der Waals surface area contributed by atoms with E-state index in [-0.39, 0.29) is 29.1 Å². The Kier molecular flexibility index (Phi) is 7.17. The molecule has 32 heavy (non-hydrogen) atoms. The molecular formula is C20H24ClF2N5O4. The molecule has 1 aliphatic carbocycles. The highest BCUT2D eigenvalue weighted by Gasteiger charge is 2.27. The zero-order chi connectivity index (χ0) is 23.5. The van der Waals surface area contributed by atoms with Gasteiger partial charge in [-0.1, -0.05) is 17.7 Å². The summed E-state index contributed by atoms with van der Waals surface area (Å²) in [5.74, 6) is -0.143. The zero-order valence-electron chi connectivity index (χ0n) is 17.8. The van der Waals surface area contributed by atoms with Gasteiger partial charge in [-0.2, -0.15) is 18.6 Å². The molecule has 0 radical (unpaired) electrons. The van der Waals surface area contributed by atoms with Crippen molar-refractivity contribution in [1.82, 2.24) is 25.4 Å². The lowest BCUT2D eigenvalue weighted by Gasteiger charge is -2.24. The number of alkyl carbamates (subject to hydrolysis) is 2. The Labute approximate surface area is 188 Å². The molecule has 12 heteroatoms. The van der Waals surface area contributed by atoms with Gasteiger partial charge in [0.25, 0.3) is 0 Å². The molecule has 0 unspecified atom stereocenters. The standard InChI is InChI=1S/C20H24ClF2N5O4/c1-20(2,3)32-19(30)27-15(9-31-18(29)26-12-5-6-12)11-4-7-14(21)13(8-11)16-24-10-25-28(16)17(22)23/h4,7-8,10,12,15,17H,5-6,9H2,1-3H3,(H,26,29)(H,27,30)/t15-/m1/s1. The molecule has 1 aromatic heterocycles. The number of aromatic nitrogens is 3. The Morgan fingerprint density at radius 1 is 1.28 bits per heavy atom. The highest BCUT2D eigenvalue weighted by atomic mass is 35.5. The van der Waals surface area contributed by atoms with E-state index in [9.17, 15) is 18.4 Å². The number of rotatable bonds is 7. The van der Waals surface area contributed by atoms with E-state index in [0.717, 1.165) is 19.2 Å².